The first-order valence-corrected chi connectivity index (χ1v) is 6.03. The van der Waals surface area contributed by atoms with Gasteiger partial charge in [-0.25, -0.2) is 0 Å². The summed E-state index contributed by atoms with van der Waals surface area (Å²) in [6.45, 7) is 7.18. The van der Waals surface area contributed by atoms with Crippen molar-refractivity contribution >= 4 is 0 Å². The number of para-hydroxylation sites is 1. The first kappa shape index (κ1) is 11.5. The third-order valence-electron chi connectivity index (χ3n) is 3.65. The molecule has 2 N–H and O–H groups in total. The minimum Gasteiger partial charge on any atom is -0.507 e. The van der Waals surface area contributed by atoms with E-state index in [0.717, 1.165) is 23.6 Å². The number of benzene rings is 1. The van der Waals surface area contributed by atoms with Crippen LogP contribution in [0.1, 0.15) is 37.8 Å². The average molecular weight is 219 g/mol. The summed E-state index contributed by atoms with van der Waals surface area (Å²) >= 11 is 0. The summed E-state index contributed by atoms with van der Waals surface area (Å²) < 4.78 is 0. The Kier molecular flexibility index (Phi) is 2.94. The van der Waals surface area contributed by atoms with Crippen molar-refractivity contribution in [3.63, 3.8) is 0 Å². The number of aryl methyl sites for hydroxylation is 1. The Morgan fingerprint density at radius 2 is 2.06 bits per heavy atom. The normalized spacial score (nSPS) is 16.4. The minimum atomic E-state index is 0.191. The summed E-state index contributed by atoms with van der Waals surface area (Å²) in [4.78, 5) is 0. The largest absolute Gasteiger partial charge is 0.507 e. The van der Waals surface area contributed by atoms with Crippen molar-refractivity contribution in [3.8, 4) is 5.75 Å². The lowest BCUT2D eigenvalue weighted by atomic mass is 9.98. The number of aromatic hydroxyl groups is 1. The maximum absolute atomic E-state index is 9.91. The Hall–Kier alpha value is -1.02. The van der Waals surface area contributed by atoms with E-state index in [2.05, 4.69) is 19.2 Å². The molecule has 0 radical (unpaired) electrons. The highest BCUT2D eigenvalue weighted by molar-refractivity contribution is 5.39. The van der Waals surface area contributed by atoms with E-state index in [4.69, 9.17) is 0 Å². The third-order valence-corrected chi connectivity index (χ3v) is 3.65. The van der Waals surface area contributed by atoms with Gasteiger partial charge in [0.25, 0.3) is 0 Å². The van der Waals surface area contributed by atoms with Crippen LogP contribution in [0.25, 0.3) is 0 Å². The van der Waals surface area contributed by atoms with Gasteiger partial charge in [0.2, 0.25) is 0 Å². The topological polar surface area (TPSA) is 32.3 Å². The van der Waals surface area contributed by atoms with E-state index in [1.54, 1.807) is 0 Å². The van der Waals surface area contributed by atoms with Crippen molar-refractivity contribution in [2.24, 2.45) is 5.92 Å². The van der Waals surface area contributed by atoms with E-state index in [1.165, 1.54) is 12.8 Å². The molecule has 1 saturated carbocycles. The molecular weight excluding hydrogens is 198 g/mol. The van der Waals surface area contributed by atoms with Crippen LogP contribution in [-0.2, 0) is 6.54 Å². The SMILES string of the molecule is Cc1cccc(CNC(C)(C)C2CC2)c1O. The fourth-order valence-electron chi connectivity index (χ4n) is 2.13. The maximum atomic E-state index is 9.91. The highest BCUT2D eigenvalue weighted by atomic mass is 16.3. The standard InChI is InChI=1S/C14H21NO/c1-10-5-4-6-11(13(10)16)9-15-14(2,3)12-7-8-12/h4-6,12,15-16H,7-9H2,1-3H3. The minimum absolute atomic E-state index is 0.191. The second-order valence-corrected chi connectivity index (χ2v) is 5.43. The van der Waals surface area contributed by atoms with E-state index < -0.39 is 0 Å². The molecule has 2 heteroatoms. The summed E-state index contributed by atoms with van der Waals surface area (Å²) in [7, 11) is 0. The molecule has 0 heterocycles. The molecule has 1 fully saturated rings. The number of rotatable bonds is 4. The molecule has 2 rings (SSSR count). The van der Waals surface area contributed by atoms with Gasteiger partial charge in [0.15, 0.2) is 0 Å². The lowest BCUT2D eigenvalue weighted by molar-refractivity contribution is 0.336. The Balaban J connectivity index is 2.01. The Morgan fingerprint density at radius 3 is 2.69 bits per heavy atom. The second kappa shape index (κ2) is 4.10. The quantitative estimate of drug-likeness (QED) is 0.816. The van der Waals surface area contributed by atoms with Gasteiger partial charge in [0.1, 0.15) is 5.75 Å². The highest BCUT2D eigenvalue weighted by Gasteiger charge is 2.37. The number of hydrogen-bond donors (Lipinski definition) is 2. The molecule has 1 aliphatic carbocycles. The molecule has 0 spiro atoms. The lowest BCUT2D eigenvalue weighted by Crippen LogP contribution is -2.40. The average Bonchev–Trinajstić information content (AvgIpc) is 3.04. The summed E-state index contributed by atoms with van der Waals surface area (Å²) in [5.74, 6) is 1.24. The smallest absolute Gasteiger partial charge is 0.122 e. The van der Waals surface area contributed by atoms with Gasteiger partial charge in [-0.15, -0.1) is 0 Å². The van der Waals surface area contributed by atoms with E-state index in [0.29, 0.717) is 5.75 Å². The molecule has 0 atom stereocenters. The zero-order valence-corrected chi connectivity index (χ0v) is 10.4. The molecule has 1 aliphatic rings. The van der Waals surface area contributed by atoms with Crippen molar-refractivity contribution in [1.29, 1.82) is 0 Å². The summed E-state index contributed by atoms with van der Waals surface area (Å²) in [6, 6.07) is 5.92. The summed E-state index contributed by atoms with van der Waals surface area (Å²) in [6.07, 6.45) is 2.67. The number of nitrogens with one attached hydrogen (secondary N) is 1. The Morgan fingerprint density at radius 1 is 1.38 bits per heavy atom. The number of phenolic OH excluding ortho intramolecular Hbond substituents is 1. The molecular formula is C14H21NO. The van der Waals surface area contributed by atoms with Gasteiger partial charge in [-0.1, -0.05) is 18.2 Å². The molecule has 88 valence electrons. The van der Waals surface area contributed by atoms with Crippen molar-refractivity contribution < 1.29 is 5.11 Å². The van der Waals surface area contributed by atoms with Gasteiger partial charge < -0.3 is 10.4 Å². The number of hydrogen-bond acceptors (Lipinski definition) is 2. The van der Waals surface area contributed by atoms with E-state index >= 15 is 0 Å². The van der Waals surface area contributed by atoms with Crippen molar-refractivity contribution in [3.05, 3.63) is 29.3 Å². The van der Waals surface area contributed by atoms with Crippen LogP contribution in [0, 0.1) is 12.8 Å². The van der Waals surface area contributed by atoms with Crippen molar-refractivity contribution in [2.45, 2.75) is 45.7 Å². The third kappa shape index (κ3) is 2.38. The van der Waals surface area contributed by atoms with Crippen LogP contribution in [0.5, 0.6) is 5.75 Å². The van der Waals surface area contributed by atoms with Crippen molar-refractivity contribution in [2.75, 3.05) is 0 Å². The Bertz CT molecular complexity index is 380. The van der Waals surface area contributed by atoms with Crippen LogP contribution < -0.4 is 5.32 Å². The van der Waals surface area contributed by atoms with Crippen LogP contribution in [0.3, 0.4) is 0 Å². The molecule has 16 heavy (non-hydrogen) atoms. The molecule has 0 saturated heterocycles. The van der Waals surface area contributed by atoms with E-state index in [1.807, 2.05) is 25.1 Å². The molecule has 0 aromatic heterocycles. The first-order valence-electron chi connectivity index (χ1n) is 6.03. The van der Waals surface area contributed by atoms with Crippen molar-refractivity contribution in [1.82, 2.24) is 5.32 Å². The Labute approximate surface area is 97.7 Å². The predicted octanol–water partition coefficient (Wildman–Crippen LogP) is 2.98. The van der Waals surface area contributed by atoms with Crippen LogP contribution in [-0.4, -0.2) is 10.6 Å². The zero-order valence-electron chi connectivity index (χ0n) is 10.4. The molecule has 0 amide bonds. The monoisotopic (exact) mass is 219 g/mol. The molecule has 1 aromatic rings. The fraction of sp³-hybridized carbons (Fsp3) is 0.571. The van der Waals surface area contributed by atoms with Crippen LogP contribution in [0.4, 0.5) is 0 Å². The molecule has 0 unspecified atom stereocenters. The maximum Gasteiger partial charge on any atom is 0.122 e. The first-order chi connectivity index (χ1) is 7.50. The molecule has 2 nitrogen and oxygen atoms in total. The van der Waals surface area contributed by atoms with E-state index in [-0.39, 0.29) is 5.54 Å². The molecule has 0 bridgehead atoms. The molecule has 0 aliphatic heterocycles. The van der Waals surface area contributed by atoms with Crippen LogP contribution in [0.15, 0.2) is 18.2 Å². The van der Waals surface area contributed by atoms with E-state index in [9.17, 15) is 5.11 Å². The number of phenols is 1. The van der Waals surface area contributed by atoms with Gasteiger partial charge in [0.05, 0.1) is 0 Å². The molecule has 1 aromatic carbocycles. The van der Waals surface area contributed by atoms with Gasteiger partial charge in [0, 0.05) is 17.6 Å². The lowest BCUT2D eigenvalue weighted by Gasteiger charge is -2.26. The zero-order chi connectivity index (χ0) is 11.8. The van der Waals surface area contributed by atoms with Crippen LogP contribution in [0.2, 0.25) is 0 Å². The highest BCUT2D eigenvalue weighted by Crippen LogP contribution is 2.39. The van der Waals surface area contributed by atoms with Gasteiger partial charge >= 0.3 is 0 Å². The van der Waals surface area contributed by atoms with Gasteiger partial charge in [-0.05, 0) is 45.1 Å². The van der Waals surface area contributed by atoms with Crippen LogP contribution >= 0.6 is 0 Å². The fourth-order valence-corrected chi connectivity index (χ4v) is 2.13. The second-order valence-electron chi connectivity index (χ2n) is 5.43. The summed E-state index contributed by atoms with van der Waals surface area (Å²) in [5, 5.41) is 13.5. The summed E-state index contributed by atoms with van der Waals surface area (Å²) in [5.41, 5.74) is 2.13. The van der Waals surface area contributed by atoms with Gasteiger partial charge in [-0.2, -0.15) is 0 Å². The van der Waals surface area contributed by atoms with Gasteiger partial charge in [-0.3, -0.25) is 0 Å². The predicted molar refractivity (Wildman–Crippen MR) is 66.5 cm³/mol.